The topological polar surface area (TPSA) is 105 Å². The van der Waals surface area contributed by atoms with Gasteiger partial charge in [0, 0.05) is 64.8 Å². The van der Waals surface area contributed by atoms with E-state index in [2.05, 4.69) is 44.5 Å². The molecule has 5 heterocycles. The third kappa shape index (κ3) is 5.88. The highest BCUT2D eigenvalue weighted by atomic mass is 16.3. The van der Waals surface area contributed by atoms with Gasteiger partial charge in [-0.25, -0.2) is 4.79 Å². The van der Waals surface area contributed by atoms with Crippen molar-refractivity contribution in [1.29, 1.82) is 0 Å². The van der Waals surface area contributed by atoms with Crippen molar-refractivity contribution in [2.24, 2.45) is 4.99 Å². The lowest BCUT2D eigenvalue weighted by Crippen LogP contribution is -2.43. The van der Waals surface area contributed by atoms with Gasteiger partial charge < -0.3 is 25.1 Å². The number of benzene rings is 1. The zero-order valence-electron chi connectivity index (χ0n) is 22.8. The molecule has 0 saturated carbocycles. The van der Waals surface area contributed by atoms with Crippen LogP contribution in [0.15, 0.2) is 53.8 Å². The van der Waals surface area contributed by atoms with E-state index in [1.54, 1.807) is 16.0 Å². The number of carbonyl (C=O) groups is 2. The lowest BCUT2D eigenvalue weighted by atomic mass is 10.00. The van der Waals surface area contributed by atoms with Gasteiger partial charge in [-0.05, 0) is 47.6 Å². The van der Waals surface area contributed by atoms with E-state index in [-0.39, 0.29) is 11.9 Å². The first-order valence-electron chi connectivity index (χ1n) is 14.3. The Bertz CT molecular complexity index is 1300. The Labute approximate surface area is 235 Å². The van der Waals surface area contributed by atoms with E-state index in [9.17, 15) is 14.7 Å². The van der Waals surface area contributed by atoms with Crippen LogP contribution in [0.3, 0.4) is 0 Å². The van der Waals surface area contributed by atoms with Gasteiger partial charge >= 0.3 is 6.03 Å². The highest BCUT2D eigenvalue weighted by molar-refractivity contribution is 6.38. The van der Waals surface area contributed by atoms with Gasteiger partial charge in [0.1, 0.15) is 0 Å². The number of nitrogens with zero attached hydrogens (tertiary/aromatic N) is 6. The van der Waals surface area contributed by atoms with Gasteiger partial charge in [0.15, 0.2) is 5.84 Å². The van der Waals surface area contributed by atoms with Gasteiger partial charge in [-0.2, -0.15) is 0 Å². The monoisotopic (exact) mass is 543 g/mol. The predicted molar refractivity (Wildman–Crippen MR) is 152 cm³/mol. The Morgan fingerprint density at radius 3 is 2.52 bits per heavy atom. The molecule has 0 radical (unpaired) electrons. The molecule has 2 saturated heterocycles. The van der Waals surface area contributed by atoms with Crippen LogP contribution < -0.4 is 5.32 Å². The van der Waals surface area contributed by atoms with Crippen LogP contribution >= 0.6 is 0 Å². The summed E-state index contributed by atoms with van der Waals surface area (Å²) in [6.07, 6.45) is 6.14. The van der Waals surface area contributed by atoms with Crippen molar-refractivity contribution < 1.29 is 14.7 Å². The summed E-state index contributed by atoms with van der Waals surface area (Å²) in [6.45, 7) is 6.33. The summed E-state index contributed by atoms with van der Waals surface area (Å²) < 4.78 is 0. The molecule has 10 nitrogen and oxygen atoms in total. The number of nitrogens with one attached hydrogen (secondary N) is 1. The average Bonchev–Trinajstić information content (AvgIpc) is 3.64. The van der Waals surface area contributed by atoms with Crippen molar-refractivity contribution in [1.82, 2.24) is 29.9 Å². The molecule has 2 aromatic rings. The van der Waals surface area contributed by atoms with Crippen LogP contribution in [0, 0.1) is 0 Å². The number of aromatic nitrogens is 1. The minimum Gasteiger partial charge on any atom is -0.390 e. The number of carbonyl (C=O) groups excluding carboxylic acids is 2. The summed E-state index contributed by atoms with van der Waals surface area (Å²) in [5.74, 6) is 0.370. The van der Waals surface area contributed by atoms with Crippen LogP contribution in [0.1, 0.15) is 35.2 Å². The largest absolute Gasteiger partial charge is 0.390 e. The quantitative estimate of drug-likeness (QED) is 0.525. The molecule has 10 heteroatoms. The summed E-state index contributed by atoms with van der Waals surface area (Å²) >= 11 is 0. The summed E-state index contributed by atoms with van der Waals surface area (Å²) in [6, 6.07) is 12.3. The predicted octanol–water partition coefficient (Wildman–Crippen LogP) is 1.70. The van der Waals surface area contributed by atoms with Gasteiger partial charge in [-0.15, -0.1) is 0 Å². The number of hydrogen-bond acceptors (Lipinski definition) is 7. The molecule has 1 aromatic carbocycles. The number of pyridine rings is 1. The molecule has 40 heavy (non-hydrogen) atoms. The summed E-state index contributed by atoms with van der Waals surface area (Å²) in [4.78, 5) is 42.3. The molecule has 6 rings (SSSR count). The second-order valence-corrected chi connectivity index (χ2v) is 11.1. The van der Waals surface area contributed by atoms with E-state index >= 15 is 0 Å². The van der Waals surface area contributed by atoms with E-state index in [1.165, 1.54) is 11.1 Å². The number of amidine groups is 1. The molecule has 4 aliphatic rings. The van der Waals surface area contributed by atoms with Crippen molar-refractivity contribution in [3.63, 3.8) is 0 Å². The number of likely N-dealkylation sites (tertiary alicyclic amines) is 1. The maximum Gasteiger partial charge on any atom is 0.320 e. The number of aliphatic imine (C=N–C) groups is 1. The normalized spacial score (nSPS) is 20.2. The zero-order valence-corrected chi connectivity index (χ0v) is 22.8. The number of urea groups is 1. The highest BCUT2D eigenvalue weighted by Gasteiger charge is 2.31. The average molecular weight is 544 g/mol. The molecular formula is C30H37N7O3. The van der Waals surface area contributed by atoms with Crippen LogP contribution in [0.4, 0.5) is 4.79 Å². The van der Waals surface area contributed by atoms with E-state index in [0.29, 0.717) is 45.1 Å². The minimum atomic E-state index is -0.585. The molecule has 0 aliphatic carbocycles. The molecule has 1 aromatic heterocycles. The van der Waals surface area contributed by atoms with Gasteiger partial charge in [0.2, 0.25) is 0 Å². The van der Waals surface area contributed by atoms with Crippen LogP contribution in [-0.4, -0.2) is 106 Å². The highest BCUT2D eigenvalue weighted by Crippen LogP contribution is 2.21. The van der Waals surface area contributed by atoms with Crippen molar-refractivity contribution >= 4 is 23.3 Å². The first-order chi connectivity index (χ1) is 19.5. The third-order valence-corrected chi connectivity index (χ3v) is 8.23. The molecule has 2 N–H and O–H groups in total. The van der Waals surface area contributed by atoms with E-state index in [4.69, 9.17) is 0 Å². The first-order valence-corrected chi connectivity index (χ1v) is 14.3. The fraction of sp³-hybridized carbons (Fsp3) is 0.467. The second kappa shape index (κ2) is 11.8. The SMILES string of the molecule is O=C(C1=NCC(c2ccc(CN3CCN(CC(O)CN4CCc5ccccc5C4)C3=O)nc2)=CN1)N1CCCC1. The maximum atomic E-state index is 13.0. The number of aliphatic hydroxyl groups is 1. The Kier molecular flexibility index (Phi) is 7.79. The van der Waals surface area contributed by atoms with Crippen LogP contribution in [-0.2, 0) is 24.3 Å². The van der Waals surface area contributed by atoms with Crippen LogP contribution in [0.5, 0.6) is 0 Å². The summed E-state index contributed by atoms with van der Waals surface area (Å²) in [5.41, 5.74) is 5.42. The molecule has 1 unspecified atom stereocenters. The van der Waals surface area contributed by atoms with E-state index < -0.39 is 6.10 Å². The lowest BCUT2D eigenvalue weighted by molar-refractivity contribution is -0.123. The Morgan fingerprint density at radius 2 is 1.77 bits per heavy atom. The molecule has 2 fully saturated rings. The first kappa shape index (κ1) is 26.5. The Hall–Kier alpha value is -3.76. The number of β-amino-alcohol motifs (C(OH)–C–C–N with tert-alkyl or cyclic N) is 1. The molecule has 4 aliphatic heterocycles. The molecule has 210 valence electrons. The minimum absolute atomic E-state index is 0.0321. The standard InChI is InChI=1S/C30H37N7O3/c38-27(20-34-12-9-22-5-1-2-6-24(22)18-34)21-37-14-13-36(30(37)40)19-26-8-7-23(15-31-26)25-16-32-28(33-17-25)29(39)35-10-3-4-11-35/h1-2,5-8,15-16,27,38H,3-4,9-14,17-21H2,(H,32,33). The zero-order chi connectivity index (χ0) is 27.5. The molecule has 0 spiro atoms. The summed E-state index contributed by atoms with van der Waals surface area (Å²) in [7, 11) is 0. The van der Waals surface area contributed by atoms with E-state index in [1.807, 2.05) is 23.2 Å². The van der Waals surface area contributed by atoms with Crippen molar-refractivity contribution in [3.8, 4) is 0 Å². The van der Waals surface area contributed by atoms with Crippen LogP contribution in [0.25, 0.3) is 5.57 Å². The molecular weight excluding hydrogens is 506 g/mol. The van der Waals surface area contributed by atoms with Crippen molar-refractivity contribution in [2.75, 3.05) is 52.4 Å². The van der Waals surface area contributed by atoms with Gasteiger partial charge in [0.25, 0.3) is 5.91 Å². The maximum absolute atomic E-state index is 13.0. The molecule has 0 bridgehead atoms. The summed E-state index contributed by atoms with van der Waals surface area (Å²) in [5, 5.41) is 13.8. The molecule has 1 atom stereocenters. The smallest absolute Gasteiger partial charge is 0.320 e. The van der Waals surface area contributed by atoms with Gasteiger partial charge in [-0.1, -0.05) is 30.3 Å². The van der Waals surface area contributed by atoms with E-state index in [0.717, 1.165) is 62.3 Å². The third-order valence-electron chi connectivity index (χ3n) is 8.23. The Balaban J connectivity index is 0.969. The fourth-order valence-electron chi connectivity index (χ4n) is 5.96. The lowest BCUT2D eigenvalue weighted by Gasteiger charge is -2.31. The van der Waals surface area contributed by atoms with Gasteiger partial charge in [0.05, 0.1) is 24.9 Å². The van der Waals surface area contributed by atoms with Crippen molar-refractivity contribution in [2.45, 2.75) is 38.5 Å². The molecule has 3 amide bonds. The number of fused-ring (bicyclic) bond motifs is 1. The fourth-order valence-corrected chi connectivity index (χ4v) is 5.96. The number of hydrogen-bond donors (Lipinski definition) is 2. The number of rotatable bonds is 8. The second-order valence-electron chi connectivity index (χ2n) is 11.1. The number of amides is 3. The number of aliphatic hydroxyl groups excluding tert-OH is 1. The Morgan fingerprint density at radius 1 is 0.975 bits per heavy atom. The van der Waals surface area contributed by atoms with Crippen molar-refractivity contribution in [3.05, 3.63) is 71.2 Å². The van der Waals surface area contributed by atoms with Gasteiger partial charge in [-0.3, -0.25) is 19.7 Å². The van der Waals surface area contributed by atoms with Crippen LogP contribution in [0.2, 0.25) is 0 Å².